The van der Waals surface area contributed by atoms with Crippen LogP contribution in [0.5, 0.6) is 23.3 Å². The van der Waals surface area contributed by atoms with E-state index in [1.807, 2.05) is 36.4 Å². The van der Waals surface area contributed by atoms with Gasteiger partial charge in [0.2, 0.25) is 0 Å². The SMILES string of the molecule is COc1cccc2c1OC[C@H](NCc1ccc(Oc3ncccn3)cc1)C2. The van der Waals surface area contributed by atoms with Crippen molar-refractivity contribution >= 4 is 0 Å². The van der Waals surface area contributed by atoms with Crippen molar-refractivity contribution < 1.29 is 14.2 Å². The van der Waals surface area contributed by atoms with Gasteiger partial charge in [0.05, 0.1) is 7.11 Å². The lowest BCUT2D eigenvalue weighted by Crippen LogP contribution is -2.38. The molecule has 0 amide bonds. The summed E-state index contributed by atoms with van der Waals surface area (Å²) >= 11 is 0. The molecule has 0 radical (unpaired) electrons. The first-order chi connectivity index (χ1) is 13.3. The summed E-state index contributed by atoms with van der Waals surface area (Å²) in [4.78, 5) is 8.11. The van der Waals surface area contributed by atoms with E-state index in [4.69, 9.17) is 14.2 Å². The Morgan fingerprint density at radius 3 is 2.67 bits per heavy atom. The van der Waals surface area contributed by atoms with Crippen molar-refractivity contribution in [3.05, 3.63) is 72.1 Å². The highest BCUT2D eigenvalue weighted by atomic mass is 16.5. The molecule has 1 aromatic heterocycles. The minimum Gasteiger partial charge on any atom is -0.493 e. The molecule has 4 rings (SSSR count). The summed E-state index contributed by atoms with van der Waals surface area (Å²) in [5.41, 5.74) is 2.34. The quantitative estimate of drug-likeness (QED) is 0.724. The van der Waals surface area contributed by atoms with Crippen molar-refractivity contribution in [2.45, 2.75) is 19.0 Å². The third-order valence-corrected chi connectivity index (χ3v) is 4.44. The highest BCUT2D eigenvalue weighted by Crippen LogP contribution is 2.34. The number of rotatable bonds is 6. The number of nitrogens with one attached hydrogen (secondary N) is 1. The van der Waals surface area contributed by atoms with Gasteiger partial charge >= 0.3 is 6.01 Å². The molecule has 6 nitrogen and oxygen atoms in total. The molecule has 0 aliphatic carbocycles. The molecule has 0 spiro atoms. The molecule has 27 heavy (non-hydrogen) atoms. The van der Waals surface area contributed by atoms with Crippen molar-refractivity contribution in [2.24, 2.45) is 0 Å². The maximum Gasteiger partial charge on any atom is 0.321 e. The van der Waals surface area contributed by atoms with Gasteiger partial charge in [0.15, 0.2) is 11.5 Å². The fourth-order valence-corrected chi connectivity index (χ4v) is 3.07. The van der Waals surface area contributed by atoms with Crippen LogP contribution in [0.4, 0.5) is 0 Å². The fourth-order valence-electron chi connectivity index (χ4n) is 3.07. The number of hydrogen-bond acceptors (Lipinski definition) is 6. The predicted molar refractivity (Wildman–Crippen MR) is 101 cm³/mol. The van der Waals surface area contributed by atoms with Crippen molar-refractivity contribution in [3.8, 4) is 23.3 Å². The molecule has 0 fully saturated rings. The molecule has 2 aromatic carbocycles. The lowest BCUT2D eigenvalue weighted by Gasteiger charge is -2.27. The van der Waals surface area contributed by atoms with Gasteiger partial charge in [0.25, 0.3) is 0 Å². The zero-order valence-corrected chi connectivity index (χ0v) is 15.1. The lowest BCUT2D eigenvalue weighted by molar-refractivity contribution is 0.226. The van der Waals surface area contributed by atoms with Crippen LogP contribution >= 0.6 is 0 Å². The van der Waals surface area contributed by atoms with Gasteiger partial charge in [-0.25, -0.2) is 9.97 Å². The highest BCUT2D eigenvalue weighted by molar-refractivity contribution is 5.48. The van der Waals surface area contributed by atoms with Crippen LogP contribution in [0.15, 0.2) is 60.9 Å². The largest absolute Gasteiger partial charge is 0.493 e. The molecule has 1 aliphatic rings. The van der Waals surface area contributed by atoms with Crippen LogP contribution in [-0.2, 0) is 13.0 Å². The molecule has 1 N–H and O–H groups in total. The van der Waals surface area contributed by atoms with E-state index in [1.54, 1.807) is 25.6 Å². The Balaban J connectivity index is 1.33. The fraction of sp³-hybridized carbons (Fsp3) is 0.238. The maximum absolute atomic E-state index is 5.91. The monoisotopic (exact) mass is 363 g/mol. The molecule has 0 unspecified atom stereocenters. The zero-order valence-electron chi connectivity index (χ0n) is 15.1. The third kappa shape index (κ3) is 4.17. The Bertz CT molecular complexity index is 885. The number of para-hydroxylation sites is 1. The first kappa shape index (κ1) is 17.3. The molecule has 3 aromatic rings. The minimum absolute atomic E-state index is 0.262. The summed E-state index contributed by atoms with van der Waals surface area (Å²) in [6.45, 7) is 1.38. The van der Waals surface area contributed by atoms with Crippen LogP contribution in [0.1, 0.15) is 11.1 Å². The third-order valence-electron chi connectivity index (χ3n) is 4.44. The molecule has 1 atom stereocenters. The van der Waals surface area contributed by atoms with Gasteiger partial charge in [0, 0.05) is 25.0 Å². The van der Waals surface area contributed by atoms with Crippen molar-refractivity contribution in [2.75, 3.05) is 13.7 Å². The molecular weight excluding hydrogens is 342 g/mol. The molecule has 0 saturated heterocycles. The van der Waals surface area contributed by atoms with Crippen molar-refractivity contribution in [1.82, 2.24) is 15.3 Å². The summed E-state index contributed by atoms with van der Waals surface area (Å²) in [5, 5.41) is 3.55. The second-order valence-corrected chi connectivity index (χ2v) is 6.32. The van der Waals surface area contributed by atoms with E-state index in [9.17, 15) is 0 Å². The van der Waals surface area contributed by atoms with Crippen molar-refractivity contribution in [3.63, 3.8) is 0 Å². The van der Waals surface area contributed by atoms with Crippen LogP contribution in [-0.4, -0.2) is 29.7 Å². The Hall–Kier alpha value is -3.12. The normalized spacial score (nSPS) is 15.5. The lowest BCUT2D eigenvalue weighted by atomic mass is 10.0. The summed E-state index contributed by atoms with van der Waals surface area (Å²) in [7, 11) is 1.67. The number of nitrogens with zero attached hydrogens (tertiary/aromatic N) is 2. The van der Waals surface area contributed by atoms with E-state index < -0.39 is 0 Å². The summed E-state index contributed by atoms with van der Waals surface area (Å²) in [6, 6.07) is 16.3. The Morgan fingerprint density at radius 2 is 1.89 bits per heavy atom. The Kier molecular flexibility index (Phi) is 5.16. The maximum atomic E-state index is 5.91. The van der Waals surface area contributed by atoms with Crippen LogP contribution in [0.25, 0.3) is 0 Å². The van der Waals surface area contributed by atoms with E-state index in [-0.39, 0.29) is 6.04 Å². The van der Waals surface area contributed by atoms with Crippen LogP contribution in [0.2, 0.25) is 0 Å². The molecular formula is C21H21N3O3. The number of ether oxygens (including phenoxy) is 3. The van der Waals surface area contributed by atoms with Crippen molar-refractivity contribution in [1.29, 1.82) is 0 Å². The standard InChI is InChI=1S/C21H21N3O3/c1-25-19-5-2-4-16-12-17(14-26-20(16)19)24-13-15-6-8-18(9-7-15)27-21-22-10-3-11-23-21/h2-11,17,24H,12-14H2,1H3/t17-/m1/s1. The predicted octanol–water partition coefficient (Wildman–Crippen LogP) is 3.37. The first-order valence-electron chi connectivity index (χ1n) is 8.87. The van der Waals surface area contributed by atoms with Gasteiger partial charge in [-0.2, -0.15) is 0 Å². The van der Waals surface area contributed by atoms with E-state index in [0.29, 0.717) is 18.4 Å². The molecule has 6 heteroatoms. The first-order valence-corrected chi connectivity index (χ1v) is 8.87. The Morgan fingerprint density at radius 1 is 1.07 bits per heavy atom. The number of benzene rings is 2. The van der Waals surface area contributed by atoms with E-state index in [1.165, 1.54) is 11.1 Å². The number of hydrogen-bond donors (Lipinski definition) is 1. The van der Waals surface area contributed by atoms with Crippen LogP contribution in [0.3, 0.4) is 0 Å². The smallest absolute Gasteiger partial charge is 0.321 e. The molecule has 0 saturated carbocycles. The van der Waals surface area contributed by atoms with Gasteiger partial charge in [-0.3, -0.25) is 0 Å². The Labute approximate surface area is 158 Å². The summed E-state index contributed by atoms with van der Waals surface area (Å²) in [6.07, 6.45) is 4.22. The van der Waals surface area contributed by atoms with Crippen LogP contribution in [0, 0.1) is 0 Å². The molecule has 1 aliphatic heterocycles. The van der Waals surface area contributed by atoms with Gasteiger partial charge < -0.3 is 19.5 Å². The van der Waals surface area contributed by atoms with E-state index in [0.717, 1.165) is 24.5 Å². The molecule has 2 heterocycles. The van der Waals surface area contributed by atoms with Crippen LogP contribution < -0.4 is 19.5 Å². The van der Waals surface area contributed by atoms with Gasteiger partial charge in [-0.15, -0.1) is 0 Å². The second kappa shape index (κ2) is 8.05. The van der Waals surface area contributed by atoms with E-state index in [2.05, 4.69) is 21.4 Å². The number of methoxy groups -OCH3 is 1. The van der Waals surface area contributed by atoms with Gasteiger partial charge in [-0.05, 0) is 41.8 Å². The van der Waals surface area contributed by atoms with Gasteiger partial charge in [-0.1, -0.05) is 24.3 Å². The average molecular weight is 363 g/mol. The average Bonchev–Trinajstić information content (AvgIpc) is 2.73. The molecule has 0 bridgehead atoms. The second-order valence-electron chi connectivity index (χ2n) is 6.32. The van der Waals surface area contributed by atoms with E-state index >= 15 is 0 Å². The topological polar surface area (TPSA) is 65.5 Å². The minimum atomic E-state index is 0.262. The summed E-state index contributed by atoms with van der Waals surface area (Å²) in [5.74, 6) is 2.37. The highest BCUT2D eigenvalue weighted by Gasteiger charge is 2.22. The summed E-state index contributed by atoms with van der Waals surface area (Å²) < 4.78 is 16.9. The molecule has 138 valence electrons. The van der Waals surface area contributed by atoms with Gasteiger partial charge in [0.1, 0.15) is 12.4 Å². The number of aromatic nitrogens is 2. The number of fused-ring (bicyclic) bond motifs is 1. The zero-order chi connectivity index (χ0) is 18.5.